The minimum atomic E-state index is -0.316. The number of aromatic nitrogens is 2. The second-order valence-electron chi connectivity index (χ2n) is 10.8. The highest BCUT2D eigenvalue weighted by Crippen LogP contribution is 2.30. The van der Waals surface area contributed by atoms with Crippen LogP contribution >= 0.6 is 0 Å². The number of piperidine rings is 1. The van der Waals surface area contributed by atoms with Crippen LogP contribution in [0.15, 0.2) is 58.1 Å². The van der Waals surface area contributed by atoms with Crippen LogP contribution in [-0.4, -0.2) is 57.1 Å². The van der Waals surface area contributed by atoms with E-state index in [2.05, 4.69) is 5.32 Å². The lowest BCUT2D eigenvalue weighted by Crippen LogP contribution is -2.51. The van der Waals surface area contributed by atoms with Gasteiger partial charge < -0.3 is 15.1 Å². The smallest absolute Gasteiger partial charge is 0.331 e. The van der Waals surface area contributed by atoms with Gasteiger partial charge in [0.2, 0.25) is 0 Å². The summed E-state index contributed by atoms with van der Waals surface area (Å²) in [5.41, 5.74) is 1.10. The Labute approximate surface area is 221 Å². The van der Waals surface area contributed by atoms with Crippen molar-refractivity contribution in [2.24, 2.45) is 5.92 Å². The number of hydrogen-bond acceptors (Lipinski definition) is 4. The van der Waals surface area contributed by atoms with E-state index in [1.165, 1.54) is 4.57 Å². The Kier molecular flexibility index (Phi) is 7.10. The molecule has 0 bridgehead atoms. The monoisotopic (exact) mass is 517 g/mol. The number of nitrogens with zero attached hydrogens (tertiary/aromatic N) is 4. The van der Waals surface area contributed by atoms with Crippen LogP contribution in [-0.2, 0) is 6.54 Å². The first-order valence-electron chi connectivity index (χ1n) is 13.4. The standard InChI is InChI=1S/C29H35N5O4/c1-19(2)34-25-14-13-22(16-24(25)27(36)33(29(34)38)17-20-11-12-20)30-28(37)32-15-7-10-23(18-32)31(3)26(35)21-8-5-4-6-9-21/h4-6,8-9,13-14,16,19-20,23H,7,10-12,15,17-18H2,1-3H3,(H,30,37). The maximum absolute atomic E-state index is 13.3. The van der Waals surface area contributed by atoms with Crippen molar-refractivity contribution in [1.82, 2.24) is 18.9 Å². The van der Waals surface area contributed by atoms with E-state index in [0.717, 1.165) is 25.7 Å². The van der Waals surface area contributed by atoms with E-state index in [1.54, 1.807) is 51.7 Å². The lowest BCUT2D eigenvalue weighted by atomic mass is 10.0. The van der Waals surface area contributed by atoms with Crippen molar-refractivity contribution in [3.63, 3.8) is 0 Å². The summed E-state index contributed by atoms with van der Waals surface area (Å²) in [6, 6.07) is 13.8. The van der Waals surface area contributed by atoms with Crippen molar-refractivity contribution in [3.05, 3.63) is 74.9 Å². The van der Waals surface area contributed by atoms with E-state index in [9.17, 15) is 19.2 Å². The summed E-state index contributed by atoms with van der Waals surface area (Å²) >= 11 is 0. The van der Waals surface area contributed by atoms with Gasteiger partial charge in [0.15, 0.2) is 0 Å². The molecule has 1 saturated heterocycles. The number of fused-ring (bicyclic) bond motifs is 1. The molecule has 1 aliphatic carbocycles. The van der Waals surface area contributed by atoms with Gasteiger partial charge in [-0.15, -0.1) is 0 Å². The van der Waals surface area contributed by atoms with Gasteiger partial charge in [-0.3, -0.25) is 18.7 Å². The number of anilines is 1. The summed E-state index contributed by atoms with van der Waals surface area (Å²) in [4.78, 5) is 56.0. The van der Waals surface area contributed by atoms with Crippen LogP contribution < -0.4 is 16.6 Å². The molecule has 1 aliphatic heterocycles. The average Bonchev–Trinajstić information content (AvgIpc) is 3.75. The summed E-state index contributed by atoms with van der Waals surface area (Å²) in [7, 11) is 1.78. The number of hydrogen-bond donors (Lipinski definition) is 1. The molecule has 2 heterocycles. The Morgan fingerprint density at radius 2 is 1.79 bits per heavy atom. The molecule has 1 saturated carbocycles. The summed E-state index contributed by atoms with van der Waals surface area (Å²) in [5.74, 6) is 0.311. The van der Waals surface area contributed by atoms with E-state index in [4.69, 9.17) is 0 Å². The minimum absolute atomic E-state index is 0.0638. The molecule has 2 aliphatic rings. The Bertz CT molecular complexity index is 1470. The van der Waals surface area contributed by atoms with Gasteiger partial charge in [0.25, 0.3) is 11.5 Å². The largest absolute Gasteiger partial charge is 0.337 e. The Morgan fingerprint density at radius 3 is 2.47 bits per heavy atom. The predicted molar refractivity (Wildman–Crippen MR) is 148 cm³/mol. The van der Waals surface area contributed by atoms with Gasteiger partial charge in [0.1, 0.15) is 0 Å². The van der Waals surface area contributed by atoms with Crippen molar-refractivity contribution in [3.8, 4) is 0 Å². The first-order valence-corrected chi connectivity index (χ1v) is 13.4. The van der Waals surface area contributed by atoms with Gasteiger partial charge in [-0.25, -0.2) is 9.59 Å². The number of carbonyl (C=O) groups is 2. The molecular weight excluding hydrogens is 482 g/mol. The van der Waals surface area contributed by atoms with E-state index < -0.39 is 0 Å². The molecule has 1 aromatic heterocycles. The predicted octanol–water partition coefficient (Wildman–Crippen LogP) is 3.92. The van der Waals surface area contributed by atoms with Crippen LogP contribution in [0.25, 0.3) is 10.9 Å². The first-order chi connectivity index (χ1) is 18.2. The second-order valence-corrected chi connectivity index (χ2v) is 10.8. The van der Waals surface area contributed by atoms with Crippen LogP contribution in [0.1, 0.15) is 55.9 Å². The SMILES string of the molecule is CC(C)n1c(=O)n(CC2CC2)c(=O)c2cc(NC(=O)N3CCCC(N(C)C(=O)c4ccccc4)C3)ccc21. The van der Waals surface area contributed by atoms with Crippen molar-refractivity contribution in [2.75, 3.05) is 25.5 Å². The molecule has 200 valence electrons. The fraction of sp³-hybridized carbons (Fsp3) is 0.448. The number of carbonyl (C=O) groups excluding carboxylic acids is 2. The zero-order valence-electron chi connectivity index (χ0n) is 22.2. The number of likely N-dealkylation sites (tertiary alicyclic amines) is 1. The number of nitrogens with one attached hydrogen (secondary N) is 1. The molecule has 3 aromatic rings. The molecule has 0 spiro atoms. The minimum Gasteiger partial charge on any atom is -0.337 e. The second kappa shape index (κ2) is 10.5. The molecule has 1 unspecified atom stereocenters. The summed E-state index contributed by atoms with van der Waals surface area (Å²) in [6.45, 7) is 5.30. The maximum atomic E-state index is 13.3. The van der Waals surface area contributed by atoms with E-state index in [1.807, 2.05) is 32.0 Å². The fourth-order valence-electron chi connectivity index (χ4n) is 5.29. The summed E-state index contributed by atoms with van der Waals surface area (Å²) in [5, 5.41) is 3.35. The quantitative estimate of drug-likeness (QED) is 0.536. The third-order valence-corrected chi connectivity index (χ3v) is 7.65. The van der Waals surface area contributed by atoms with Crippen molar-refractivity contribution >= 4 is 28.5 Å². The van der Waals surface area contributed by atoms with Gasteiger partial charge >= 0.3 is 11.7 Å². The van der Waals surface area contributed by atoms with Crippen LogP contribution in [0.3, 0.4) is 0 Å². The lowest BCUT2D eigenvalue weighted by Gasteiger charge is -2.37. The van der Waals surface area contributed by atoms with Crippen molar-refractivity contribution in [2.45, 2.75) is 58.2 Å². The molecule has 1 atom stereocenters. The Hall–Kier alpha value is -3.88. The Morgan fingerprint density at radius 1 is 1.05 bits per heavy atom. The summed E-state index contributed by atoms with van der Waals surface area (Å²) < 4.78 is 3.00. The van der Waals surface area contributed by atoms with Gasteiger partial charge in [-0.05, 0) is 75.8 Å². The van der Waals surface area contributed by atoms with Gasteiger partial charge in [0, 0.05) is 50.0 Å². The molecule has 2 aromatic carbocycles. The number of benzene rings is 2. The highest BCUT2D eigenvalue weighted by molar-refractivity contribution is 5.95. The molecular formula is C29H35N5O4. The van der Waals surface area contributed by atoms with Crippen molar-refractivity contribution < 1.29 is 9.59 Å². The van der Waals surface area contributed by atoms with Crippen molar-refractivity contribution in [1.29, 1.82) is 0 Å². The maximum Gasteiger partial charge on any atom is 0.331 e. The van der Waals surface area contributed by atoms with E-state index >= 15 is 0 Å². The van der Waals surface area contributed by atoms with Gasteiger partial charge in [0.05, 0.1) is 10.9 Å². The van der Waals surface area contributed by atoms with Gasteiger partial charge in [-0.1, -0.05) is 18.2 Å². The van der Waals surface area contributed by atoms with Crippen LogP contribution in [0.4, 0.5) is 10.5 Å². The molecule has 0 radical (unpaired) electrons. The zero-order valence-corrected chi connectivity index (χ0v) is 22.2. The molecule has 2 fully saturated rings. The Balaban J connectivity index is 1.35. The molecule has 38 heavy (non-hydrogen) atoms. The highest BCUT2D eigenvalue weighted by Gasteiger charge is 2.29. The average molecular weight is 518 g/mol. The van der Waals surface area contributed by atoms with Crippen LogP contribution in [0.2, 0.25) is 0 Å². The topological polar surface area (TPSA) is 96.6 Å². The fourth-order valence-corrected chi connectivity index (χ4v) is 5.29. The molecule has 1 N–H and O–H groups in total. The number of amides is 3. The molecule has 5 rings (SSSR count). The number of likely N-dealkylation sites (N-methyl/N-ethyl adjacent to an activating group) is 1. The van der Waals surface area contributed by atoms with Crippen LogP contribution in [0.5, 0.6) is 0 Å². The molecule has 9 heteroatoms. The highest BCUT2D eigenvalue weighted by atomic mass is 16.2. The molecule has 9 nitrogen and oxygen atoms in total. The lowest BCUT2D eigenvalue weighted by molar-refractivity contribution is 0.0651. The van der Waals surface area contributed by atoms with Crippen LogP contribution in [0, 0.1) is 5.92 Å². The number of urea groups is 1. The third-order valence-electron chi connectivity index (χ3n) is 7.65. The zero-order chi connectivity index (χ0) is 27.0. The van der Waals surface area contributed by atoms with E-state index in [0.29, 0.717) is 47.7 Å². The first kappa shape index (κ1) is 25.8. The third kappa shape index (κ3) is 5.10. The van der Waals surface area contributed by atoms with Gasteiger partial charge in [-0.2, -0.15) is 0 Å². The number of rotatable bonds is 6. The normalized spacial score (nSPS) is 17.6. The summed E-state index contributed by atoms with van der Waals surface area (Å²) in [6.07, 6.45) is 3.67. The van der Waals surface area contributed by atoms with E-state index in [-0.39, 0.29) is 35.3 Å². The molecule has 3 amide bonds.